The lowest BCUT2D eigenvalue weighted by atomic mass is 10.2. The van der Waals surface area contributed by atoms with Crippen molar-refractivity contribution in [2.75, 3.05) is 50.1 Å². The number of nitrogens with zero attached hydrogens (tertiary/aromatic N) is 2. The van der Waals surface area contributed by atoms with Gasteiger partial charge in [-0.15, -0.1) is 0 Å². The van der Waals surface area contributed by atoms with Crippen LogP contribution >= 0.6 is 11.6 Å². The number of piperazine rings is 1. The third-order valence-electron chi connectivity index (χ3n) is 5.10. The number of nitrogens with one attached hydrogen (secondary N) is 2. The first-order valence-electron chi connectivity index (χ1n) is 9.15. The number of methoxy groups -OCH3 is 1. The third kappa shape index (κ3) is 3.91. The zero-order valence-corrected chi connectivity index (χ0v) is 17.1. The topological polar surface area (TPSA) is 73.9 Å². The number of sulfonamides is 1. The first-order chi connectivity index (χ1) is 13.5. The highest BCUT2D eigenvalue weighted by Gasteiger charge is 2.31. The van der Waals surface area contributed by atoms with E-state index in [4.69, 9.17) is 16.3 Å². The second-order valence-corrected chi connectivity index (χ2v) is 9.04. The first-order valence-corrected chi connectivity index (χ1v) is 11.0. The Labute approximate surface area is 170 Å². The maximum atomic E-state index is 12.5. The number of halogens is 1. The molecule has 0 aliphatic carbocycles. The Balaban J connectivity index is 1.40. The maximum Gasteiger partial charge on any atom is 0.244 e. The maximum absolute atomic E-state index is 12.5. The van der Waals surface area contributed by atoms with Crippen LogP contribution < -0.4 is 19.7 Å². The van der Waals surface area contributed by atoms with Crippen LogP contribution in [0.5, 0.6) is 5.75 Å². The molecule has 150 valence electrons. The van der Waals surface area contributed by atoms with Crippen molar-refractivity contribution in [2.24, 2.45) is 0 Å². The summed E-state index contributed by atoms with van der Waals surface area (Å²) >= 11 is 6.03. The Hall–Kier alpha value is -2.00. The molecule has 1 fully saturated rings. The van der Waals surface area contributed by atoms with Crippen LogP contribution in [0.2, 0.25) is 5.02 Å². The van der Waals surface area contributed by atoms with E-state index in [-0.39, 0.29) is 4.90 Å². The van der Waals surface area contributed by atoms with Gasteiger partial charge < -0.3 is 15.0 Å². The predicted molar refractivity (Wildman–Crippen MR) is 111 cm³/mol. The van der Waals surface area contributed by atoms with Gasteiger partial charge in [-0.3, -0.25) is 4.90 Å². The van der Waals surface area contributed by atoms with Crippen LogP contribution in [0.4, 0.5) is 11.4 Å². The van der Waals surface area contributed by atoms with Crippen molar-refractivity contribution in [2.45, 2.75) is 11.1 Å². The number of hydrogen-bond acceptors (Lipinski definition) is 6. The van der Waals surface area contributed by atoms with Gasteiger partial charge in [-0.1, -0.05) is 23.7 Å². The summed E-state index contributed by atoms with van der Waals surface area (Å²) in [6.07, 6.45) is -0.395. The molecule has 0 spiro atoms. The Morgan fingerprint density at radius 3 is 2.64 bits per heavy atom. The molecule has 4 rings (SSSR count). The van der Waals surface area contributed by atoms with Crippen molar-refractivity contribution >= 4 is 33.0 Å². The van der Waals surface area contributed by atoms with Crippen molar-refractivity contribution in [3.8, 4) is 5.75 Å². The molecule has 2 heterocycles. The van der Waals surface area contributed by atoms with Crippen LogP contribution in [-0.4, -0.2) is 59.3 Å². The molecule has 2 aliphatic rings. The summed E-state index contributed by atoms with van der Waals surface area (Å²) in [5, 5.41) is 3.76. The van der Waals surface area contributed by atoms with Gasteiger partial charge >= 0.3 is 0 Å². The summed E-state index contributed by atoms with van der Waals surface area (Å²) in [4.78, 5) is 4.78. The van der Waals surface area contributed by atoms with E-state index in [9.17, 15) is 8.42 Å². The number of benzene rings is 2. The fourth-order valence-electron chi connectivity index (χ4n) is 3.72. The summed E-state index contributed by atoms with van der Waals surface area (Å²) in [6, 6.07) is 12.8. The summed E-state index contributed by atoms with van der Waals surface area (Å²) in [6.45, 7) is 3.94. The van der Waals surface area contributed by atoms with E-state index >= 15 is 0 Å². The van der Waals surface area contributed by atoms with Crippen molar-refractivity contribution in [1.82, 2.24) is 9.62 Å². The molecular weight excluding hydrogens is 400 g/mol. The van der Waals surface area contributed by atoms with E-state index in [2.05, 4.69) is 25.9 Å². The smallest absolute Gasteiger partial charge is 0.244 e. The minimum absolute atomic E-state index is 0.231. The zero-order valence-electron chi connectivity index (χ0n) is 15.6. The lowest BCUT2D eigenvalue weighted by Crippen LogP contribution is -2.55. The molecule has 1 saturated heterocycles. The van der Waals surface area contributed by atoms with Crippen LogP contribution in [0, 0.1) is 0 Å². The molecule has 2 N–H and O–H groups in total. The molecule has 0 radical (unpaired) electrons. The summed E-state index contributed by atoms with van der Waals surface area (Å²) in [7, 11) is -1.87. The minimum Gasteiger partial charge on any atom is -0.495 e. The van der Waals surface area contributed by atoms with Gasteiger partial charge in [0.2, 0.25) is 10.0 Å². The fraction of sp³-hybridized carbons (Fsp3) is 0.368. The van der Waals surface area contributed by atoms with Gasteiger partial charge in [0, 0.05) is 37.7 Å². The quantitative estimate of drug-likeness (QED) is 0.786. The van der Waals surface area contributed by atoms with Crippen LogP contribution in [0.3, 0.4) is 0 Å². The minimum atomic E-state index is -3.55. The molecule has 1 atom stereocenters. The Bertz CT molecular complexity index is 961. The molecule has 2 aromatic carbocycles. The second kappa shape index (κ2) is 7.79. The van der Waals surface area contributed by atoms with Crippen molar-refractivity contribution in [1.29, 1.82) is 0 Å². The lowest BCUT2D eigenvalue weighted by molar-refractivity contribution is 0.242. The number of fused-ring (bicyclic) bond motifs is 1. The van der Waals surface area contributed by atoms with Gasteiger partial charge in [-0.05, 0) is 30.3 Å². The summed E-state index contributed by atoms with van der Waals surface area (Å²) < 4.78 is 33.2. The Morgan fingerprint density at radius 2 is 1.89 bits per heavy atom. The third-order valence-corrected chi connectivity index (χ3v) is 6.86. The molecule has 0 saturated carbocycles. The van der Waals surface area contributed by atoms with Crippen LogP contribution in [0.1, 0.15) is 0 Å². The fourth-order valence-corrected chi connectivity index (χ4v) is 5.18. The average Bonchev–Trinajstić information content (AvgIpc) is 2.67. The number of ether oxygens (including phenoxy) is 1. The van der Waals surface area contributed by atoms with E-state index in [0.29, 0.717) is 17.3 Å². The van der Waals surface area contributed by atoms with Crippen molar-refractivity contribution in [3.63, 3.8) is 0 Å². The van der Waals surface area contributed by atoms with Gasteiger partial charge in [-0.2, -0.15) is 4.72 Å². The summed E-state index contributed by atoms with van der Waals surface area (Å²) in [5.74, 6) is 0.867. The predicted octanol–water partition coefficient (Wildman–Crippen LogP) is 2.20. The number of para-hydroxylation sites is 2. The monoisotopic (exact) mass is 422 g/mol. The van der Waals surface area contributed by atoms with Gasteiger partial charge in [0.05, 0.1) is 18.5 Å². The molecule has 1 unspecified atom stereocenters. The largest absolute Gasteiger partial charge is 0.495 e. The molecule has 9 heteroatoms. The molecule has 2 aromatic rings. The Morgan fingerprint density at radius 1 is 1.14 bits per heavy atom. The number of anilines is 2. The highest BCUT2D eigenvalue weighted by atomic mass is 35.5. The molecular formula is C19H23ClN4O3S. The van der Waals surface area contributed by atoms with E-state index < -0.39 is 16.2 Å². The van der Waals surface area contributed by atoms with Gasteiger partial charge in [0.15, 0.2) is 0 Å². The van der Waals surface area contributed by atoms with E-state index in [1.807, 2.05) is 18.2 Å². The van der Waals surface area contributed by atoms with Crippen LogP contribution in [0.25, 0.3) is 0 Å². The molecule has 28 heavy (non-hydrogen) atoms. The first kappa shape index (κ1) is 19.3. The molecule has 0 amide bonds. The molecule has 0 aromatic heterocycles. The van der Waals surface area contributed by atoms with Gasteiger partial charge in [0.25, 0.3) is 0 Å². The summed E-state index contributed by atoms with van der Waals surface area (Å²) in [5.41, 5.74) is 1.63. The zero-order chi connectivity index (χ0) is 19.7. The van der Waals surface area contributed by atoms with E-state index in [1.54, 1.807) is 19.2 Å². The van der Waals surface area contributed by atoms with E-state index in [1.165, 1.54) is 6.07 Å². The molecule has 0 bridgehead atoms. The normalized spacial score (nSPS) is 21.6. The average molecular weight is 423 g/mol. The van der Waals surface area contributed by atoms with Crippen LogP contribution in [-0.2, 0) is 10.0 Å². The number of hydrogen-bond donors (Lipinski definition) is 2. The second-order valence-electron chi connectivity index (χ2n) is 6.92. The standard InChI is InChI=1S/C19H23ClN4O3S/c1-27-17-5-3-2-4-16(17)24-10-8-23(9-11-24)13-19-21-15-12-14(20)6-7-18(15)28(25,26)22-19/h2-7,12,19,21-22H,8-11,13H2,1H3. The SMILES string of the molecule is COc1ccccc1N1CCN(CC2Nc3cc(Cl)ccc3S(=O)(=O)N2)CC1. The van der Waals surface area contributed by atoms with Crippen molar-refractivity contribution < 1.29 is 13.2 Å². The molecule has 2 aliphatic heterocycles. The lowest BCUT2D eigenvalue weighted by Gasteiger charge is -2.39. The number of rotatable bonds is 4. The Kier molecular flexibility index (Phi) is 5.37. The highest BCUT2D eigenvalue weighted by Crippen LogP contribution is 2.30. The van der Waals surface area contributed by atoms with Gasteiger partial charge in [0.1, 0.15) is 16.8 Å². The van der Waals surface area contributed by atoms with Crippen LogP contribution in [0.15, 0.2) is 47.4 Å². The van der Waals surface area contributed by atoms with Gasteiger partial charge in [-0.25, -0.2) is 8.42 Å². The molecule has 7 nitrogen and oxygen atoms in total. The van der Waals surface area contributed by atoms with Crippen molar-refractivity contribution in [3.05, 3.63) is 47.5 Å². The highest BCUT2D eigenvalue weighted by molar-refractivity contribution is 7.89. The van der Waals surface area contributed by atoms with E-state index in [0.717, 1.165) is 37.6 Å².